The van der Waals surface area contributed by atoms with Gasteiger partial charge >= 0.3 is 0 Å². The Balaban J connectivity index is 3.77. The van der Waals surface area contributed by atoms with Crippen LogP contribution >= 0.6 is 0 Å². The first-order chi connectivity index (χ1) is 7.15. The highest BCUT2D eigenvalue weighted by molar-refractivity contribution is 5.81. The summed E-state index contributed by atoms with van der Waals surface area (Å²) in [6, 6.07) is 0.143. The lowest BCUT2D eigenvalue weighted by Gasteiger charge is -2.19. The van der Waals surface area contributed by atoms with Crippen LogP contribution in [0.15, 0.2) is 0 Å². The minimum atomic E-state index is -0.152. The number of amides is 1. The first-order valence-electron chi connectivity index (χ1n) is 5.68. The third-order valence-electron chi connectivity index (χ3n) is 2.48. The predicted octanol–water partition coefficient (Wildman–Crippen LogP) is 0.916. The van der Waals surface area contributed by atoms with Crippen LogP contribution in [0.5, 0.6) is 0 Å². The van der Waals surface area contributed by atoms with Crippen LogP contribution in [0, 0.1) is 0 Å². The van der Waals surface area contributed by atoms with Gasteiger partial charge in [-0.15, -0.1) is 0 Å². The maximum atomic E-state index is 11.7. The molecule has 0 fully saturated rings. The number of hydrogen-bond donors (Lipinski definition) is 2. The Hall–Kier alpha value is -0.610. The molecule has 1 unspecified atom stereocenters. The molecule has 0 aromatic heterocycles. The fourth-order valence-electron chi connectivity index (χ4n) is 1.29. The van der Waals surface area contributed by atoms with Crippen molar-refractivity contribution in [3.63, 3.8) is 0 Å². The van der Waals surface area contributed by atoms with Crippen molar-refractivity contribution in [2.24, 2.45) is 0 Å². The number of rotatable bonds is 8. The standard InChI is InChI=1S/C11H24N2O2/c1-5-10(6-2)13-11(14)9(3)12-7-8-15-4/h9-10,12H,5-8H2,1-4H3,(H,13,14). The van der Waals surface area contributed by atoms with Crippen molar-refractivity contribution < 1.29 is 9.53 Å². The summed E-state index contributed by atoms with van der Waals surface area (Å²) in [7, 11) is 1.65. The second-order valence-electron chi connectivity index (χ2n) is 3.69. The topological polar surface area (TPSA) is 50.4 Å². The van der Waals surface area contributed by atoms with Crippen molar-refractivity contribution in [1.29, 1.82) is 0 Å². The third kappa shape index (κ3) is 6.47. The number of nitrogens with one attached hydrogen (secondary N) is 2. The van der Waals surface area contributed by atoms with Gasteiger partial charge in [0.1, 0.15) is 0 Å². The second-order valence-corrected chi connectivity index (χ2v) is 3.69. The summed E-state index contributed by atoms with van der Waals surface area (Å²) >= 11 is 0. The molecule has 0 saturated carbocycles. The normalized spacial score (nSPS) is 12.9. The molecular formula is C11H24N2O2. The van der Waals surface area contributed by atoms with Gasteiger partial charge in [-0.1, -0.05) is 13.8 Å². The number of hydrogen-bond acceptors (Lipinski definition) is 3. The Morgan fingerprint density at radius 1 is 1.33 bits per heavy atom. The van der Waals surface area contributed by atoms with E-state index in [9.17, 15) is 4.79 Å². The summed E-state index contributed by atoms with van der Waals surface area (Å²) in [4.78, 5) is 11.7. The Morgan fingerprint density at radius 2 is 1.93 bits per heavy atom. The van der Waals surface area contributed by atoms with Gasteiger partial charge in [0.2, 0.25) is 5.91 Å². The first kappa shape index (κ1) is 14.4. The van der Waals surface area contributed by atoms with Crippen LogP contribution in [0.2, 0.25) is 0 Å². The molecular weight excluding hydrogens is 192 g/mol. The van der Waals surface area contributed by atoms with E-state index in [1.54, 1.807) is 7.11 Å². The highest BCUT2D eigenvalue weighted by Crippen LogP contribution is 1.96. The molecule has 0 aliphatic rings. The first-order valence-corrected chi connectivity index (χ1v) is 5.68. The molecule has 1 atom stereocenters. The minimum absolute atomic E-state index is 0.0693. The lowest BCUT2D eigenvalue weighted by molar-refractivity contribution is -0.123. The Bertz CT molecular complexity index is 170. The molecule has 4 nitrogen and oxygen atoms in total. The van der Waals surface area contributed by atoms with E-state index in [-0.39, 0.29) is 11.9 Å². The van der Waals surface area contributed by atoms with E-state index in [1.165, 1.54) is 0 Å². The van der Waals surface area contributed by atoms with E-state index in [1.807, 2.05) is 6.92 Å². The number of carbonyl (C=O) groups excluding carboxylic acids is 1. The monoisotopic (exact) mass is 216 g/mol. The number of ether oxygens (including phenoxy) is 1. The zero-order chi connectivity index (χ0) is 11.7. The largest absolute Gasteiger partial charge is 0.383 e. The molecule has 2 N–H and O–H groups in total. The third-order valence-corrected chi connectivity index (χ3v) is 2.48. The second kappa shape index (κ2) is 8.68. The van der Waals surface area contributed by atoms with Crippen LogP contribution in [0.1, 0.15) is 33.6 Å². The average Bonchev–Trinajstić information content (AvgIpc) is 2.25. The van der Waals surface area contributed by atoms with Crippen LogP contribution in [-0.2, 0) is 9.53 Å². The van der Waals surface area contributed by atoms with E-state index in [4.69, 9.17) is 4.74 Å². The minimum Gasteiger partial charge on any atom is -0.383 e. The van der Waals surface area contributed by atoms with Crippen molar-refractivity contribution in [3.05, 3.63) is 0 Å². The van der Waals surface area contributed by atoms with Crippen molar-refractivity contribution in [2.75, 3.05) is 20.3 Å². The van der Waals surface area contributed by atoms with Crippen molar-refractivity contribution in [1.82, 2.24) is 10.6 Å². The van der Waals surface area contributed by atoms with Crippen LogP contribution in [0.4, 0.5) is 0 Å². The molecule has 0 aliphatic heterocycles. The zero-order valence-corrected chi connectivity index (χ0v) is 10.3. The van der Waals surface area contributed by atoms with Crippen LogP contribution in [0.3, 0.4) is 0 Å². The maximum absolute atomic E-state index is 11.7. The quantitative estimate of drug-likeness (QED) is 0.593. The lowest BCUT2D eigenvalue weighted by atomic mass is 10.1. The summed E-state index contributed by atoms with van der Waals surface area (Å²) in [5, 5.41) is 6.10. The van der Waals surface area contributed by atoms with Gasteiger partial charge in [-0.05, 0) is 19.8 Å². The summed E-state index contributed by atoms with van der Waals surface area (Å²) in [6.07, 6.45) is 1.96. The predicted molar refractivity (Wildman–Crippen MR) is 61.9 cm³/mol. The summed E-state index contributed by atoms with van der Waals surface area (Å²) in [5.74, 6) is 0.0693. The van der Waals surface area contributed by atoms with Crippen molar-refractivity contribution in [3.8, 4) is 0 Å². The molecule has 0 aliphatic carbocycles. The van der Waals surface area contributed by atoms with Gasteiger partial charge < -0.3 is 15.4 Å². The highest BCUT2D eigenvalue weighted by atomic mass is 16.5. The average molecular weight is 216 g/mol. The molecule has 0 bridgehead atoms. The molecule has 0 rings (SSSR count). The highest BCUT2D eigenvalue weighted by Gasteiger charge is 2.14. The molecule has 0 radical (unpaired) electrons. The number of methoxy groups -OCH3 is 1. The van der Waals surface area contributed by atoms with Gasteiger partial charge in [0.25, 0.3) is 0 Å². The van der Waals surface area contributed by atoms with Gasteiger partial charge in [0.15, 0.2) is 0 Å². The smallest absolute Gasteiger partial charge is 0.237 e. The van der Waals surface area contributed by atoms with E-state index in [0.717, 1.165) is 12.8 Å². The van der Waals surface area contributed by atoms with Crippen molar-refractivity contribution in [2.45, 2.75) is 45.7 Å². The van der Waals surface area contributed by atoms with Gasteiger partial charge in [0.05, 0.1) is 12.6 Å². The van der Waals surface area contributed by atoms with E-state index < -0.39 is 0 Å². The summed E-state index contributed by atoms with van der Waals surface area (Å²) in [5.41, 5.74) is 0. The number of carbonyl (C=O) groups is 1. The van der Waals surface area contributed by atoms with E-state index >= 15 is 0 Å². The molecule has 0 spiro atoms. The summed E-state index contributed by atoms with van der Waals surface area (Å²) < 4.78 is 4.90. The summed E-state index contributed by atoms with van der Waals surface area (Å²) in [6.45, 7) is 7.36. The fourth-order valence-corrected chi connectivity index (χ4v) is 1.29. The van der Waals surface area contributed by atoms with Gasteiger partial charge in [-0.2, -0.15) is 0 Å². The molecule has 0 aromatic carbocycles. The molecule has 0 heterocycles. The lowest BCUT2D eigenvalue weighted by Crippen LogP contribution is -2.46. The van der Waals surface area contributed by atoms with Crippen LogP contribution in [-0.4, -0.2) is 38.3 Å². The fraction of sp³-hybridized carbons (Fsp3) is 0.909. The Morgan fingerprint density at radius 3 is 2.40 bits per heavy atom. The van der Waals surface area contributed by atoms with E-state index in [0.29, 0.717) is 19.2 Å². The van der Waals surface area contributed by atoms with Gasteiger partial charge in [-0.25, -0.2) is 0 Å². The molecule has 4 heteroatoms. The molecule has 0 aromatic rings. The Labute approximate surface area is 92.8 Å². The van der Waals surface area contributed by atoms with Gasteiger partial charge in [-0.3, -0.25) is 4.79 Å². The molecule has 90 valence electrons. The SMILES string of the molecule is CCC(CC)NC(=O)C(C)NCCOC. The Kier molecular flexibility index (Phi) is 8.33. The molecule has 15 heavy (non-hydrogen) atoms. The van der Waals surface area contributed by atoms with Crippen molar-refractivity contribution >= 4 is 5.91 Å². The molecule has 1 amide bonds. The van der Waals surface area contributed by atoms with E-state index in [2.05, 4.69) is 24.5 Å². The maximum Gasteiger partial charge on any atom is 0.237 e. The van der Waals surface area contributed by atoms with Gasteiger partial charge in [0, 0.05) is 19.7 Å². The van der Waals surface area contributed by atoms with Crippen LogP contribution in [0.25, 0.3) is 0 Å². The molecule has 0 saturated heterocycles. The zero-order valence-electron chi connectivity index (χ0n) is 10.3. The van der Waals surface area contributed by atoms with Crippen LogP contribution < -0.4 is 10.6 Å².